The van der Waals surface area contributed by atoms with E-state index in [0.717, 1.165) is 5.56 Å². The number of carbonyl (C=O) groups is 2. The summed E-state index contributed by atoms with van der Waals surface area (Å²) in [6.07, 6.45) is 1.62. The second-order valence-corrected chi connectivity index (χ2v) is 7.44. The van der Waals surface area contributed by atoms with Gasteiger partial charge < -0.3 is 33.9 Å². The van der Waals surface area contributed by atoms with E-state index in [4.69, 9.17) is 18.9 Å². The van der Waals surface area contributed by atoms with E-state index in [1.165, 1.54) is 27.5 Å². The molecule has 1 atom stereocenters. The molecule has 1 aliphatic heterocycles. The number of carboxylic acids is 1. The lowest BCUT2D eigenvalue weighted by Crippen LogP contribution is -2.25. The van der Waals surface area contributed by atoms with Crippen LogP contribution in [0.4, 0.5) is 5.69 Å². The van der Waals surface area contributed by atoms with Gasteiger partial charge >= 0.3 is 5.97 Å². The van der Waals surface area contributed by atoms with Gasteiger partial charge in [0.25, 0.3) is 0 Å². The lowest BCUT2D eigenvalue weighted by atomic mass is 9.87. The molecule has 0 bridgehead atoms. The van der Waals surface area contributed by atoms with E-state index in [9.17, 15) is 14.7 Å². The maximum atomic E-state index is 12.6. The minimum absolute atomic E-state index is 0.00156. The Morgan fingerprint density at radius 1 is 1.03 bits per heavy atom. The predicted molar refractivity (Wildman–Crippen MR) is 120 cm³/mol. The Labute approximate surface area is 190 Å². The Hall–Kier alpha value is -4.14. The van der Waals surface area contributed by atoms with Crippen molar-refractivity contribution in [2.75, 3.05) is 33.8 Å². The largest absolute Gasteiger partial charge is 0.497 e. The first kappa shape index (κ1) is 22.1. The average Bonchev–Trinajstić information content (AvgIpc) is 3.22. The standard InChI is InChI=1S/C24H24N2O7/c1-30-15-7-5-6-14(10-15)26-12-17(24(28)29)21-22(26)16(11-20(27)25-21)13-8-18(31-2)23(33-4)19(9-13)32-3/h5-10,12,16H,11H2,1-4H3,(H,25,27)(H,28,29)/t16-/m0/s1. The van der Waals surface area contributed by atoms with Gasteiger partial charge in [0.05, 0.1) is 39.8 Å². The zero-order valence-corrected chi connectivity index (χ0v) is 18.7. The molecule has 0 saturated carbocycles. The van der Waals surface area contributed by atoms with Crippen molar-refractivity contribution >= 4 is 17.6 Å². The molecule has 0 saturated heterocycles. The second kappa shape index (κ2) is 8.78. The number of nitrogens with zero attached hydrogens (tertiary/aromatic N) is 1. The molecule has 3 aromatic rings. The number of nitrogens with one attached hydrogen (secondary N) is 1. The molecule has 1 amide bonds. The molecule has 0 radical (unpaired) electrons. The summed E-state index contributed by atoms with van der Waals surface area (Å²) in [6.45, 7) is 0. The Bertz CT molecular complexity index is 1210. The van der Waals surface area contributed by atoms with Crippen LogP contribution in [0.3, 0.4) is 0 Å². The normalized spacial score (nSPS) is 14.8. The Morgan fingerprint density at radius 2 is 1.73 bits per heavy atom. The van der Waals surface area contributed by atoms with Crippen LogP contribution in [0.5, 0.6) is 23.0 Å². The highest BCUT2D eigenvalue weighted by Crippen LogP contribution is 2.46. The van der Waals surface area contributed by atoms with Gasteiger partial charge in [0.15, 0.2) is 11.5 Å². The van der Waals surface area contributed by atoms with Gasteiger partial charge in [0.1, 0.15) is 11.3 Å². The number of methoxy groups -OCH3 is 4. The van der Waals surface area contributed by atoms with Crippen molar-refractivity contribution in [1.82, 2.24) is 4.57 Å². The molecular formula is C24H24N2O7. The molecule has 9 nitrogen and oxygen atoms in total. The van der Waals surface area contributed by atoms with E-state index in [0.29, 0.717) is 34.4 Å². The van der Waals surface area contributed by atoms with Gasteiger partial charge in [0, 0.05) is 30.3 Å². The number of anilines is 1. The van der Waals surface area contributed by atoms with Gasteiger partial charge in [-0.2, -0.15) is 0 Å². The number of aromatic nitrogens is 1. The number of ether oxygens (including phenoxy) is 4. The summed E-state index contributed by atoms with van der Waals surface area (Å²) in [5.74, 6) is 0.0388. The molecule has 1 aliphatic rings. The number of carbonyl (C=O) groups excluding carboxylic acids is 1. The number of hydrogen-bond donors (Lipinski definition) is 2. The van der Waals surface area contributed by atoms with Crippen molar-refractivity contribution in [3.8, 4) is 28.7 Å². The van der Waals surface area contributed by atoms with E-state index in [2.05, 4.69) is 5.32 Å². The minimum Gasteiger partial charge on any atom is -0.497 e. The predicted octanol–water partition coefficient (Wildman–Crippen LogP) is 3.68. The van der Waals surface area contributed by atoms with Crippen LogP contribution in [0.2, 0.25) is 0 Å². The SMILES string of the molecule is COc1cccc(-n2cc(C(=O)O)c3c2[C@H](c2cc(OC)c(OC)c(OC)c2)CC(=O)N3)c1. The topological polar surface area (TPSA) is 108 Å². The molecule has 0 unspecified atom stereocenters. The highest BCUT2D eigenvalue weighted by Gasteiger charge is 2.35. The van der Waals surface area contributed by atoms with Crippen LogP contribution in [-0.2, 0) is 4.79 Å². The first-order chi connectivity index (χ1) is 15.9. The fourth-order valence-corrected chi connectivity index (χ4v) is 4.18. The summed E-state index contributed by atoms with van der Waals surface area (Å²) >= 11 is 0. The maximum Gasteiger partial charge on any atom is 0.339 e. The number of carboxylic acid groups (broad SMARTS) is 1. The number of aromatic carboxylic acids is 1. The van der Waals surface area contributed by atoms with E-state index >= 15 is 0 Å². The Kier molecular flexibility index (Phi) is 5.87. The Balaban J connectivity index is 1.98. The summed E-state index contributed by atoms with van der Waals surface area (Å²) in [5.41, 5.74) is 2.32. The number of benzene rings is 2. The third kappa shape index (κ3) is 3.82. The van der Waals surface area contributed by atoms with E-state index in [1.54, 1.807) is 35.9 Å². The zero-order valence-electron chi connectivity index (χ0n) is 18.7. The van der Waals surface area contributed by atoms with Crippen LogP contribution < -0.4 is 24.3 Å². The Morgan fingerprint density at radius 3 is 2.30 bits per heavy atom. The van der Waals surface area contributed by atoms with Crippen LogP contribution in [0, 0.1) is 0 Å². The lowest BCUT2D eigenvalue weighted by Gasteiger charge is -2.27. The molecule has 0 spiro atoms. The van der Waals surface area contributed by atoms with Crippen LogP contribution in [0.25, 0.3) is 5.69 Å². The fourth-order valence-electron chi connectivity index (χ4n) is 4.18. The fraction of sp³-hybridized carbons (Fsp3) is 0.250. The third-order valence-corrected chi connectivity index (χ3v) is 5.68. The quantitative estimate of drug-likeness (QED) is 0.563. The van der Waals surface area contributed by atoms with Crippen molar-refractivity contribution in [1.29, 1.82) is 0 Å². The minimum atomic E-state index is -1.14. The van der Waals surface area contributed by atoms with Gasteiger partial charge in [-0.3, -0.25) is 4.79 Å². The van der Waals surface area contributed by atoms with Gasteiger partial charge in [-0.15, -0.1) is 0 Å². The van der Waals surface area contributed by atoms with Gasteiger partial charge in [-0.1, -0.05) is 6.07 Å². The van der Waals surface area contributed by atoms with Crippen molar-refractivity contribution in [3.63, 3.8) is 0 Å². The van der Waals surface area contributed by atoms with Crippen LogP contribution >= 0.6 is 0 Å². The molecule has 4 rings (SSSR count). The number of hydrogen-bond acceptors (Lipinski definition) is 6. The molecule has 9 heteroatoms. The highest BCUT2D eigenvalue weighted by molar-refractivity contribution is 6.04. The summed E-state index contributed by atoms with van der Waals surface area (Å²) in [7, 11) is 6.11. The zero-order chi connectivity index (χ0) is 23.7. The molecule has 2 N–H and O–H groups in total. The van der Waals surface area contributed by atoms with Crippen LogP contribution in [-0.4, -0.2) is 50.0 Å². The molecular weight excluding hydrogens is 428 g/mol. The van der Waals surface area contributed by atoms with Gasteiger partial charge in [-0.05, 0) is 29.8 Å². The van der Waals surface area contributed by atoms with Crippen molar-refractivity contribution in [2.24, 2.45) is 0 Å². The second-order valence-electron chi connectivity index (χ2n) is 7.44. The van der Waals surface area contributed by atoms with Crippen molar-refractivity contribution < 1.29 is 33.6 Å². The average molecular weight is 452 g/mol. The molecule has 33 heavy (non-hydrogen) atoms. The van der Waals surface area contributed by atoms with Crippen molar-refractivity contribution in [3.05, 3.63) is 59.4 Å². The number of amides is 1. The number of rotatable bonds is 7. The van der Waals surface area contributed by atoms with Gasteiger partial charge in [-0.25, -0.2) is 4.79 Å². The van der Waals surface area contributed by atoms with Crippen LogP contribution in [0.15, 0.2) is 42.6 Å². The molecule has 0 fully saturated rings. The lowest BCUT2D eigenvalue weighted by molar-refractivity contribution is -0.116. The van der Waals surface area contributed by atoms with E-state index in [1.807, 2.05) is 12.1 Å². The van der Waals surface area contributed by atoms with E-state index < -0.39 is 11.9 Å². The molecule has 2 aromatic carbocycles. The summed E-state index contributed by atoms with van der Waals surface area (Å²) in [4.78, 5) is 24.7. The molecule has 2 heterocycles. The molecule has 0 aliphatic carbocycles. The maximum absolute atomic E-state index is 12.6. The molecule has 1 aromatic heterocycles. The van der Waals surface area contributed by atoms with Crippen molar-refractivity contribution in [2.45, 2.75) is 12.3 Å². The smallest absolute Gasteiger partial charge is 0.339 e. The summed E-state index contributed by atoms with van der Waals surface area (Å²) in [6, 6.07) is 10.8. The summed E-state index contributed by atoms with van der Waals surface area (Å²) in [5, 5.41) is 12.6. The summed E-state index contributed by atoms with van der Waals surface area (Å²) < 4.78 is 23.5. The molecule has 172 valence electrons. The monoisotopic (exact) mass is 452 g/mol. The first-order valence-electron chi connectivity index (χ1n) is 10.1. The van der Waals surface area contributed by atoms with Gasteiger partial charge in [0.2, 0.25) is 11.7 Å². The van der Waals surface area contributed by atoms with E-state index in [-0.39, 0.29) is 23.6 Å². The highest BCUT2D eigenvalue weighted by atomic mass is 16.5. The third-order valence-electron chi connectivity index (χ3n) is 5.68. The van der Waals surface area contributed by atoms with Crippen LogP contribution in [0.1, 0.15) is 34.0 Å². The first-order valence-corrected chi connectivity index (χ1v) is 10.1. The number of fused-ring (bicyclic) bond motifs is 1.